The molecule has 1 aliphatic heterocycles. The summed E-state index contributed by atoms with van der Waals surface area (Å²) < 4.78 is 22.9. The van der Waals surface area contributed by atoms with Crippen LogP contribution in [0.3, 0.4) is 0 Å². The topological polar surface area (TPSA) is 84.3 Å². The van der Waals surface area contributed by atoms with Crippen molar-refractivity contribution in [1.29, 1.82) is 0 Å². The number of aromatic nitrogens is 1. The monoisotopic (exact) mass is 289 g/mol. The Hall–Kier alpha value is -0.950. The minimum absolute atomic E-state index is 0.0270. The third-order valence-corrected chi connectivity index (χ3v) is 5.98. The van der Waals surface area contributed by atoms with E-state index in [1.54, 1.807) is 0 Å². The molecular formula is C11H15NO4S2. The van der Waals surface area contributed by atoms with Gasteiger partial charge in [-0.15, -0.1) is 11.3 Å². The molecular weight excluding hydrogens is 274 g/mol. The average molecular weight is 289 g/mol. The number of hydrogen-bond acceptors (Lipinski definition) is 5. The summed E-state index contributed by atoms with van der Waals surface area (Å²) in [4.78, 5) is 15.7. The highest BCUT2D eigenvalue weighted by Gasteiger charge is 2.33. The second-order valence-corrected chi connectivity index (χ2v) is 8.09. The lowest BCUT2D eigenvalue weighted by Crippen LogP contribution is -2.04. The van der Waals surface area contributed by atoms with Gasteiger partial charge in [0, 0.05) is 5.92 Å². The van der Waals surface area contributed by atoms with Crippen LogP contribution < -0.4 is 0 Å². The van der Waals surface area contributed by atoms with Crippen molar-refractivity contribution < 1.29 is 18.3 Å². The largest absolute Gasteiger partial charge is 0.477 e. The molecule has 2 rings (SSSR count). The summed E-state index contributed by atoms with van der Waals surface area (Å²) in [6.45, 7) is 3.77. The van der Waals surface area contributed by atoms with Gasteiger partial charge in [0.25, 0.3) is 0 Å². The Morgan fingerprint density at radius 3 is 2.56 bits per heavy atom. The van der Waals surface area contributed by atoms with Crippen molar-refractivity contribution in [1.82, 2.24) is 4.98 Å². The molecule has 1 aromatic rings. The first-order valence-corrected chi connectivity index (χ1v) is 8.38. The van der Waals surface area contributed by atoms with Gasteiger partial charge in [0.05, 0.1) is 22.2 Å². The van der Waals surface area contributed by atoms with E-state index in [4.69, 9.17) is 5.11 Å². The van der Waals surface area contributed by atoms with Crippen molar-refractivity contribution in [3.8, 4) is 0 Å². The highest BCUT2D eigenvalue weighted by atomic mass is 32.2. The van der Waals surface area contributed by atoms with Gasteiger partial charge in [-0.25, -0.2) is 18.2 Å². The molecule has 0 saturated carbocycles. The Bertz CT molecular complexity index is 574. The Kier molecular flexibility index (Phi) is 3.46. The molecule has 2 heterocycles. The van der Waals surface area contributed by atoms with E-state index < -0.39 is 15.8 Å². The molecule has 1 unspecified atom stereocenters. The zero-order valence-corrected chi connectivity index (χ0v) is 11.8. The number of carboxylic acids is 1. The summed E-state index contributed by atoms with van der Waals surface area (Å²) in [6.07, 6.45) is 0.548. The molecule has 0 bridgehead atoms. The lowest BCUT2D eigenvalue weighted by molar-refractivity contribution is 0.0700. The van der Waals surface area contributed by atoms with Crippen LogP contribution in [0.4, 0.5) is 0 Å². The van der Waals surface area contributed by atoms with Gasteiger partial charge >= 0.3 is 5.97 Å². The van der Waals surface area contributed by atoms with Crippen LogP contribution >= 0.6 is 11.3 Å². The van der Waals surface area contributed by atoms with Crippen LogP contribution in [0.5, 0.6) is 0 Å². The van der Waals surface area contributed by atoms with Crippen molar-refractivity contribution >= 4 is 27.1 Å². The minimum atomic E-state index is -2.97. The second kappa shape index (κ2) is 4.62. The standard InChI is InChI=1S/C11H15NO4S2/c1-6(2)8-9(11(13)14)17-10(12-8)7-3-4-18(15,16)5-7/h6-7H,3-5H2,1-2H3,(H,13,14). The molecule has 0 amide bonds. The van der Waals surface area contributed by atoms with Crippen molar-refractivity contribution in [3.05, 3.63) is 15.6 Å². The van der Waals surface area contributed by atoms with Gasteiger partial charge in [-0.05, 0) is 12.3 Å². The molecule has 1 aliphatic rings. The summed E-state index contributed by atoms with van der Waals surface area (Å²) in [6, 6.07) is 0. The number of thiazole rings is 1. The van der Waals surface area contributed by atoms with E-state index in [0.29, 0.717) is 17.1 Å². The highest BCUT2D eigenvalue weighted by molar-refractivity contribution is 7.91. The Morgan fingerprint density at radius 1 is 1.50 bits per heavy atom. The highest BCUT2D eigenvalue weighted by Crippen LogP contribution is 2.35. The molecule has 1 saturated heterocycles. The van der Waals surface area contributed by atoms with Gasteiger partial charge in [0.1, 0.15) is 4.88 Å². The van der Waals surface area contributed by atoms with Crippen LogP contribution in [0.1, 0.15) is 52.5 Å². The average Bonchev–Trinajstić information content (AvgIpc) is 2.80. The van der Waals surface area contributed by atoms with E-state index in [0.717, 1.165) is 11.3 Å². The number of aromatic carboxylic acids is 1. The van der Waals surface area contributed by atoms with E-state index >= 15 is 0 Å². The summed E-state index contributed by atoms with van der Waals surface area (Å²) in [5.74, 6) is -0.818. The van der Waals surface area contributed by atoms with Gasteiger partial charge in [-0.3, -0.25) is 0 Å². The fraction of sp³-hybridized carbons (Fsp3) is 0.636. The van der Waals surface area contributed by atoms with Crippen LogP contribution in [-0.4, -0.2) is 36.0 Å². The van der Waals surface area contributed by atoms with Gasteiger partial charge in [0.15, 0.2) is 9.84 Å². The molecule has 100 valence electrons. The van der Waals surface area contributed by atoms with Crippen molar-refractivity contribution in [3.63, 3.8) is 0 Å². The quantitative estimate of drug-likeness (QED) is 0.918. The zero-order valence-electron chi connectivity index (χ0n) is 10.2. The maximum Gasteiger partial charge on any atom is 0.347 e. The summed E-state index contributed by atoms with van der Waals surface area (Å²) in [5.41, 5.74) is 0.562. The summed E-state index contributed by atoms with van der Waals surface area (Å²) >= 11 is 1.12. The number of sulfone groups is 1. The van der Waals surface area contributed by atoms with Gasteiger partial charge in [-0.2, -0.15) is 0 Å². The van der Waals surface area contributed by atoms with Crippen LogP contribution in [0.25, 0.3) is 0 Å². The van der Waals surface area contributed by atoms with E-state index in [2.05, 4.69) is 4.98 Å². The van der Waals surface area contributed by atoms with Crippen molar-refractivity contribution in [2.45, 2.75) is 32.1 Å². The molecule has 7 heteroatoms. The van der Waals surface area contributed by atoms with E-state index in [-0.39, 0.29) is 28.2 Å². The molecule has 5 nitrogen and oxygen atoms in total. The normalized spacial score (nSPS) is 22.5. The summed E-state index contributed by atoms with van der Waals surface area (Å²) in [5, 5.41) is 9.78. The second-order valence-electron chi connectivity index (χ2n) is 4.83. The zero-order chi connectivity index (χ0) is 13.5. The Balaban J connectivity index is 2.36. The number of hydrogen-bond donors (Lipinski definition) is 1. The molecule has 0 radical (unpaired) electrons. The third kappa shape index (κ3) is 2.56. The molecule has 1 N–H and O–H groups in total. The van der Waals surface area contributed by atoms with E-state index in [9.17, 15) is 13.2 Å². The Morgan fingerprint density at radius 2 is 2.17 bits per heavy atom. The molecule has 0 aliphatic carbocycles. The van der Waals surface area contributed by atoms with E-state index in [1.807, 2.05) is 13.8 Å². The fourth-order valence-corrected chi connectivity index (χ4v) is 5.11. The summed E-state index contributed by atoms with van der Waals surface area (Å²) in [7, 11) is -2.97. The maximum absolute atomic E-state index is 11.4. The first-order chi connectivity index (χ1) is 8.30. The molecule has 0 aromatic carbocycles. The number of carboxylic acid groups (broad SMARTS) is 1. The number of rotatable bonds is 3. The lowest BCUT2D eigenvalue weighted by atomic mass is 10.1. The Labute approximate surface area is 110 Å². The smallest absolute Gasteiger partial charge is 0.347 e. The lowest BCUT2D eigenvalue weighted by Gasteiger charge is -2.02. The van der Waals surface area contributed by atoms with E-state index in [1.165, 1.54) is 0 Å². The van der Waals surface area contributed by atoms with Crippen LogP contribution in [0, 0.1) is 0 Å². The third-order valence-electron chi connectivity index (χ3n) is 2.99. The first-order valence-electron chi connectivity index (χ1n) is 5.74. The molecule has 1 atom stereocenters. The minimum Gasteiger partial charge on any atom is -0.477 e. The van der Waals surface area contributed by atoms with Crippen LogP contribution in [0.2, 0.25) is 0 Å². The van der Waals surface area contributed by atoms with Gasteiger partial charge < -0.3 is 5.11 Å². The maximum atomic E-state index is 11.4. The SMILES string of the molecule is CC(C)c1nc(C2CCS(=O)(=O)C2)sc1C(=O)O. The van der Waals surface area contributed by atoms with Crippen molar-refractivity contribution in [2.75, 3.05) is 11.5 Å². The van der Waals surface area contributed by atoms with Gasteiger partial charge in [-0.1, -0.05) is 13.8 Å². The molecule has 1 aromatic heterocycles. The predicted octanol–water partition coefficient (Wildman–Crippen LogP) is 1.87. The first kappa shape index (κ1) is 13.5. The van der Waals surface area contributed by atoms with Gasteiger partial charge in [0.2, 0.25) is 0 Å². The molecule has 1 fully saturated rings. The number of nitrogens with zero attached hydrogens (tertiary/aromatic N) is 1. The van der Waals surface area contributed by atoms with Crippen LogP contribution in [0.15, 0.2) is 0 Å². The van der Waals surface area contributed by atoms with Crippen molar-refractivity contribution in [2.24, 2.45) is 0 Å². The fourth-order valence-electron chi connectivity index (χ4n) is 2.06. The predicted molar refractivity (Wildman–Crippen MR) is 69.2 cm³/mol. The van der Waals surface area contributed by atoms with Crippen LogP contribution in [-0.2, 0) is 9.84 Å². The number of carbonyl (C=O) groups is 1. The molecule has 18 heavy (non-hydrogen) atoms. The molecule has 0 spiro atoms.